The van der Waals surface area contributed by atoms with E-state index in [1.807, 2.05) is 6.07 Å². The van der Waals surface area contributed by atoms with E-state index in [0.717, 1.165) is 0 Å². The molecule has 0 heterocycles. The second-order valence-corrected chi connectivity index (χ2v) is 2.02. The quantitative estimate of drug-likeness (QED) is 0.382. The maximum Gasteiger partial charge on any atom is 0.197 e. The maximum atomic E-state index is 8.62. The third-order valence-electron chi connectivity index (χ3n) is 1.30. The minimum absolute atomic E-state index is 0.500. The maximum absolute atomic E-state index is 8.62. The van der Waals surface area contributed by atoms with Gasteiger partial charge in [-0.05, 0) is 12.1 Å². The highest BCUT2D eigenvalue weighted by Gasteiger charge is 1.96. The van der Waals surface area contributed by atoms with Crippen molar-refractivity contribution >= 4 is 5.69 Å². The molecule has 0 aliphatic carbocycles. The van der Waals surface area contributed by atoms with Crippen LogP contribution in [-0.2, 0) is 0 Å². The molecule has 0 fully saturated rings. The van der Waals surface area contributed by atoms with Gasteiger partial charge in [0.2, 0.25) is 0 Å². The van der Waals surface area contributed by atoms with Crippen molar-refractivity contribution in [2.45, 2.75) is 0 Å². The molecule has 12 heavy (non-hydrogen) atoms. The molecule has 4 heteroatoms. The summed E-state index contributed by atoms with van der Waals surface area (Å²) in [5.74, 6) is 0. The zero-order chi connectivity index (χ0) is 8.81. The summed E-state index contributed by atoms with van der Waals surface area (Å²) < 4.78 is 0. The molecular formula is C8H6N4. The Kier molecular flexibility index (Phi) is 2.53. The lowest BCUT2D eigenvalue weighted by atomic mass is 10.2. The zero-order valence-electron chi connectivity index (χ0n) is 6.20. The molecule has 0 aliphatic rings. The van der Waals surface area contributed by atoms with Crippen molar-refractivity contribution in [2.24, 2.45) is 0 Å². The van der Waals surface area contributed by atoms with Crippen LogP contribution in [0.25, 0.3) is 0 Å². The van der Waals surface area contributed by atoms with Crippen molar-refractivity contribution < 1.29 is 0 Å². The van der Waals surface area contributed by atoms with E-state index in [1.54, 1.807) is 30.5 Å². The molecule has 0 radical (unpaired) electrons. The molecule has 0 aliphatic heterocycles. The monoisotopic (exact) mass is 158 g/mol. The molecule has 0 spiro atoms. The molecule has 1 aromatic carbocycles. The first kappa shape index (κ1) is 7.90. The fourth-order valence-electron chi connectivity index (χ4n) is 0.785. The van der Waals surface area contributed by atoms with Gasteiger partial charge in [-0.3, -0.25) is 5.43 Å². The molecular weight excluding hydrogens is 152 g/mol. The number of nitrogens with one attached hydrogen (secondary N) is 2. The third kappa shape index (κ3) is 1.65. The smallest absolute Gasteiger partial charge is 0.197 e. The Morgan fingerprint density at radius 3 is 2.58 bits per heavy atom. The first-order valence-electron chi connectivity index (χ1n) is 3.27. The second kappa shape index (κ2) is 3.85. The molecule has 1 aromatic rings. The first-order chi connectivity index (χ1) is 5.88. The molecule has 1 rings (SSSR count). The van der Waals surface area contributed by atoms with Crippen LogP contribution in [0.2, 0.25) is 0 Å². The highest BCUT2D eigenvalue weighted by Crippen LogP contribution is 2.11. The molecule has 0 aromatic heterocycles. The Bertz CT molecular complexity index is 345. The van der Waals surface area contributed by atoms with Crippen LogP contribution >= 0.6 is 0 Å². The van der Waals surface area contributed by atoms with Gasteiger partial charge in [0.05, 0.1) is 11.3 Å². The number of nitriles is 2. The van der Waals surface area contributed by atoms with Crippen LogP contribution in [0, 0.1) is 22.8 Å². The Hall–Kier alpha value is -2.20. The van der Waals surface area contributed by atoms with Crippen molar-refractivity contribution in [1.82, 2.24) is 5.43 Å². The van der Waals surface area contributed by atoms with Gasteiger partial charge in [-0.15, -0.1) is 0 Å². The normalized spacial score (nSPS) is 7.83. The van der Waals surface area contributed by atoms with Crippen LogP contribution < -0.4 is 10.9 Å². The van der Waals surface area contributed by atoms with Crippen LogP contribution in [-0.4, -0.2) is 0 Å². The zero-order valence-corrected chi connectivity index (χ0v) is 6.20. The van der Waals surface area contributed by atoms with Crippen LogP contribution in [0.1, 0.15) is 5.56 Å². The van der Waals surface area contributed by atoms with Crippen LogP contribution in [0.4, 0.5) is 5.69 Å². The summed E-state index contributed by atoms with van der Waals surface area (Å²) in [6.07, 6.45) is 1.70. The lowest BCUT2D eigenvalue weighted by Crippen LogP contribution is -2.15. The van der Waals surface area contributed by atoms with E-state index >= 15 is 0 Å². The van der Waals surface area contributed by atoms with Crippen molar-refractivity contribution in [3.63, 3.8) is 0 Å². The predicted octanol–water partition coefficient (Wildman–Crippen LogP) is 0.956. The van der Waals surface area contributed by atoms with Gasteiger partial charge in [0.25, 0.3) is 0 Å². The van der Waals surface area contributed by atoms with Crippen molar-refractivity contribution in [2.75, 3.05) is 5.43 Å². The fraction of sp³-hybridized carbons (Fsp3) is 0. The fourth-order valence-corrected chi connectivity index (χ4v) is 0.785. The average molecular weight is 158 g/mol. The Morgan fingerprint density at radius 1 is 1.17 bits per heavy atom. The highest BCUT2D eigenvalue weighted by atomic mass is 15.3. The highest BCUT2D eigenvalue weighted by molar-refractivity contribution is 5.56. The minimum atomic E-state index is 0.500. The van der Waals surface area contributed by atoms with Crippen LogP contribution in [0.5, 0.6) is 0 Å². The van der Waals surface area contributed by atoms with Crippen molar-refractivity contribution in [3.8, 4) is 12.3 Å². The largest absolute Gasteiger partial charge is 0.291 e. The Balaban J connectivity index is 2.86. The first-order valence-corrected chi connectivity index (χ1v) is 3.27. The second-order valence-electron chi connectivity index (χ2n) is 2.02. The summed E-state index contributed by atoms with van der Waals surface area (Å²) in [5.41, 5.74) is 5.92. The summed E-state index contributed by atoms with van der Waals surface area (Å²) in [6.45, 7) is 0. The molecule has 0 saturated carbocycles. The van der Waals surface area contributed by atoms with Crippen molar-refractivity contribution in [1.29, 1.82) is 10.5 Å². The van der Waals surface area contributed by atoms with Gasteiger partial charge in [0.1, 0.15) is 6.07 Å². The summed E-state index contributed by atoms with van der Waals surface area (Å²) in [4.78, 5) is 0. The third-order valence-corrected chi connectivity index (χ3v) is 1.30. The van der Waals surface area contributed by atoms with Gasteiger partial charge in [-0.2, -0.15) is 10.5 Å². The standard InChI is InChI=1S/C8H6N4/c9-5-7-3-1-2-4-8(7)12-11-6-10/h1-4,11-12H. The lowest BCUT2D eigenvalue weighted by molar-refractivity contribution is 1.07. The van der Waals surface area contributed by atoms with E-state index in [2.05, 4.69) is 10.9 Å². The molecule has 0 amide bonds. The van der Waals surface area contributed by atoms with Crippen molar-refractivity contribution in [3.05, 3.63) is 29.8 Å². The number of hydrogen-bond donors (Lipinski definition) is 2. The topological polar surface area (TPSA) is 71.6 Å². The number of rotatable bonds is 2. The minimum Gasteiger partial charge on any atom is -0.291 e. The van der Waals surface area contributed by atoms with E-state index in [1.165, 1.54) is 0 Å². The van der Waals surface area contributed by atoms with E-state index in [-0.39, 0.29) is 0 Å². The lowest BCUT2D eigenvalue weighted by Gasteiger charge is -2.03. The van der Waals surface area contributed by atoms with Gasteiger partial charge in [0.15, 0.2) is 6.19 Å². The number of anilines is 1. The Labute approximate surface area is 70.0 Å². The summed E-state index contributed by atoms with van der Waals surface area (Å²) >= 11 is 0. The molecule has 58 valence electrons. The predicted molar refractivity (Wildman–Crippen MR) is 43.5 cm³/mol. The van der Waals surface area contributed by atoms with Gasteiger partial charge >= 0.3 is 0 Å². The number of benzene rings is 1. The molecule has 0 atom stereocenters. The molecule has 0 bridgehead atoms. The molecule has 0 unspecified atom stereocenters. The van der Waals surface area contributed by atoms with Gasteiger partial charge in [-0.25, -0.2) is 5.43 Å². The number of para-hydroxylation sites is 1. The molecule has 0 saturated heterocycles. The molecule has 4 nitrogen and oxygen atoms in total. The summed E-state index contributed by atoms with van der Waals surface area (Å²) in [6, 6.07) is 8.91. The average Bonchev–Trinajstić information content (AvgIpc) is 2.15. The van der Waals surface area contributed by atoms with Gasteiger partial charge in [-0.1, -0.05) is 12.1 Å². The van der Waals surface area contributed by atoms with E-state index in [9.17, 15) is 0 Å². The number of nitrogens with zero attached hydrogens (tertiary/aromatic N) is 2. The number of hydrazine groups is 1. The number of hydrogen-bond acceptors (Lipinski definition) is 4. The Morgan fingerprint density at radius 2 is 1.92 bits per heavy atom. The SMILES string of the molecule is N#CNNc1ccccc1C#N. The van der Waals surface area contributed by atoms with E-state index < -0.39 is 0 Å². The van der Waals surface area contributed by atoms with E-state index in [4.69, 9.17) is 10.5 Å². The van der Waals surface area contributed by atoms with Gasteiger partial charge < -0.3 is 0 Å². The van der Waals surface area contributed by atoms with Gasteiger partial charge in [0, 0.05) is 0 Å². The van der Waals surface area contributed by atoms with E-state index in [0.29, 0.717) is 11.3 Å². The summed E-state index contributed by atoms with van der Waals surface area (Å²) in [7, 11) is 0. The molecule has 2 N–H and O–H groups in total. The van der Waals surface area contributed by atoms with Crippen LogP contribution in [0.15, 0.2) is 24.3 Å². The van der Waals surface area contributed by atoms with Crippen LogP contribution in [0.3, 0.4) is 0 Å². The summed E-state index contributed by atoms with van der Waals surface area (Å²) in [5, 5.41) is 16.8.